The molecule has 2 aromatic carbocycles. The first-order valence-electron chi connectivity index (χ1n) is 5.13. The lowest BCUT2D eigenvalue weighted by Crippen LogP contribution is -1.80. The van der Waals surface area contributed by atoms with E-state index in [9.17, 15) is 5.11 Å². The smallest absolute Gasteiger partial charge is 0.146 e. The highest BCUT2D eigenvalue weighted by Gasteiger charge is 2.01. The van der Waals surface area contributed by atoms with Crippen LogP contribution >= 0.6 is 0 Å². The zero-order chi connectivity index (χ0) is 12.1. The van der Waals surface area contributed by atoms with Crippen molar-refractivity contribution in [3.05, 3.63) is 48.5 Å². The lowest BCUT2D eigenvalue weighted by molar-refractivity contribution is 0.408. The summed E-state index contributed by atoms with van der Waals surface area (Å²) in [6.07, 6.45) is 0. The second-order valence-electron chi connectivity index (χ2n) is 3.39. The van der Waals surface area contributed by atoms with Gasteiger partial charge in [0.25, 0.3) is 0 Å². The molecule has 0 radical (unpaired) electrons. The molecule has 0 aliphatic carbocycles. The molecule has 2 aromatic rings. The van der Waals surface area contributed by atoms with Crippen LogP contribution in [0.15, 0.2) is 58.8 Å². The summed E-state index contributed by atoms with van der Waals surface area (Å²) in [5, 5.41) is 17.7. The van der Waals surface area contributed by atoms with Gasteiger partial charge in [-0.25, -0.2) is 0 Å². The molecule has 0 spiro atoms. The zero-order valence-electron chi connectivity index (χ0n) is 9.37. The standard InChI is InChI=1S/C13H12N2O2/c1-17-11-7-8-12(13(16)9-11)15-14-10-5-3-2-4-6-10/h2-9,16H,1H3. The van der Waals surface area contributed by atoms with Crippen molar-refractivity contribution in [3.8, 4) is 11.5 Å². The molecule has 2 rings (SSSR count). The summed E-state index contributed by atoms with van der Waals surface area (Å²) in [7, 11) is 1.54. The maximum Gasteiger partial charge on any atom is 0.146 e. The fraction of sp³-hybridized carbons (Fsp3) is 0.0769. The van der Waals surface area contributed by atoms with Crippen LogP contribution < -0.4 is 4.74 Å². The summed E-state index contributed by atoms with van der Waals surface area (Å²) < 4.78 is 4.98. The van der Waals surface area contributed by atoms with E-state index in [1.807, 2.05) is 30.3 Å². The minimum atomic E-state index is 0.0454. The Morgan fingerprint density at radius 3 is 2.41 bits per heavy atom. The van der Waals surface area contributed by atoms with Crippen molar-refractivity contribution in [2.45, 2.75) is 0 Å². The first-order valence-corrected chi connectivity index (χ1v) is 5.13. The summed E-state index contributed by atoms with van der Waals surface area (Å²) in [6.45, 7) is 0. The molecule has 0 saturated carbocycles. The Morgan fingerprint density at radius 1 is 1.00 bits per heavy atom. The Morgan fingerprint density at radius 2 is 1.76 bits per heavy atom. The summed E-state index contributed by atoms with van der Waals surface area (Å²) >= 11 is 0. The van der Waals surface area contributed by atoms with E-state index in [1.54, 1.807) is 19.2 Å². The van der Waals surface area contributed by atoms with Crippen LogP contribution in [0.4, 0.5) is 11.4 Å². The Labute approximate surface area is 99.2 Å². The minimum Gasteiger partial charge on any atom is -0.505 e. The summed E-state index contributed by atoms with van der Waals surface area (Å²) in [6, 6.07) is 14.2. The summed E-state index contributed by atoms with van der Waals surface area (Å²) in [5.41, 5.74) is 1.15. The van der Waals surface area contributed by atoms with Gasteiger partial charge >= 0.3 is 0 Å². The van der Waals surface area contributed by atoms with Gasteiger partial charge in [0, 0.05) is 6.07 Å². The van der Waals surface area contributed by atoms with Gasteiger partial charge < -0.3 is 9.84 Å². The van der Waals surface area contributed by atoms with Gasteiger partial charge in [0.15, 0.2) is 0 Å². The van der Waals surface area contributed by atoms with Gasteiger partial charge in [-0.05, 0) is 24.3 Å². The normalized spacial score (nSPS) is 10.6. The highest BCUT2D eigenvalue weighted by atomic mass is 16.5. The third-order valence-electron chi connectivity index (χ3n) is 2.21. The van der Waals surface area contributed by atoms with Gasteiger partial charge in [0.1, 0.15) is 17.2 Å². The van der Waals surface area contributed by atoms with E-state index in [2.05, 4.69) is 10.2 Å². The predicted octanol–water partition coefficient (Wildman–Crippen LogP) is 3.82. The molecule has 4 heteroatoms. The second-order valence-corrected chi connectivity index (χ2v) is 3.39. The second kappa shape index (κ2) is 5.12. The topological polar surface area (TPSA) is 54.2 Å². The molecule has 17 heavy (non-hydrogen) atoms. The minimum absolute atomic E-state index is 0.0454. The van der Waals surface area contributed by atoms with Gasteiger partial charge in [0.05, 0.1) is 12.8 Å². The quantitative estimate of drug-likeness (QED) is 0.812. The van der Waals surface area contributed by atoms with Crippen LogP contribution in [0, 0.1) is 0 Å². The Kier molecular flexibility index (Phi) is 3.35. The van der Waals surface area contributed by atoms with Crippen molar-refractivity contribution in [1.29, 1.82) is 0 Å². The molecule has 86 valence electrons. The van der Waals surface area contributed by atoms with E-state index in [0.717, 1.165) is 5.69 Å². The highest BCUT2D eigenvalue weighted by molar-refractivity contribution is 5.54. The molecule has 0 heterocycles. The number of ether oxygens (including phenoxy) is 1. The first kappa shape index (κ1) is 11.1. The summed E-state index contributed by atoms with van der Waals surface area (Å²) in [4.78, 5) is 0. The maximum absolute atomic E-state index is 9.67. The molecule has 0 aliphatic heterocycles. The molecule has 1 N–H and O–H groups in total. The molecule has 0 aromatic heterocycles. The molecule has 0 atom stereocenters. The molecule has 0 aliphatic rings. The third-order valence-corrected chi connectivity index (χ3v) is 2.21. The highest BCUT2D eigenvalue weighted by Crippen LogP contribution is 2.31. The van der Waals surface area contributed by atoms with E-state index in [4.69, 9.17) is 4.74 Å². The first-order chi connectivity index (χ1) is 8.29. The molecule has 0 amide bonds. The van der Waals surface area contributed by atoms with E-state index >= 15 is 0 Å². The number of benzene rings is 2. The number of phenolic OH excluding ortho intramolecular Hbond substituents is 1. The van der Waals surface area contributed by atoms with Crippen LogP contribution in [0.3, 0.4) is 0 Å². The molecular weight excluding hydrogens is 216 g/mol. The van der Waals surface area contributed by atoms with Gasteiger partial charge in [-0.2, -0.15) is 5.11 Å². The maximum atomic E-state index is 9.67. The van der Waals surface area contributed by atoms with E-state index in [-0.39, 0.29) is 5.75 Å². The molecule has 0 saturated heterocycles. The fourth-order valence-corrected chi connectivity index (χ4v) is 1.32. The van der Waals surface area contributed by atoms with Gasteiger partial charge in [0.2, 0.25) is 0 Å². The Balaban J connectivity index is 2.22. The number of nitrogens with zero attached hydrogens (tertiary/aromatic N) is 2. The number of aromatic hydroxyl groups is 1. The van der Waals surface area contributed by atoms with Crippen molar-refractivity contribution in [2.24, 2.45) is 10.2 Å². The number of rotatable bonds is 3. The van der Waals surface area contributed by atoms with Crippen molar-refractivity contribution in [2.75, 3.05) is 7.11 Å². The number of azo groups is 1. The molecule has 0 unspecified atom stereocenters. The van der Waals surface area contributed by atoms with E-state index < -0.39 is 0 Å². The van der Waals surface area contributed by atoms with Crippen LogP contribution in [-0.4, -0.2) is 12.2 Å². The van der Waals surface area contributed by atoms with Gasteiger partial charge in [-0.1, -0.05) is 18.2 Å². The number of hydrogen-bond acceptors (Lipinski definition) is 4. The Hall–Kier alpha value is -2.36. The van der Waals surface area contributed by atoms with Crippen molar-refractivity contribution in [3.63, 3.8) is 0 Å². The number of phenols is 1. The molecular formula is C13H12N2O2. The average molecular weight is 228 g/mol. The molecule has 0 bridgehead atoms. The lowest BCUT2D eigenvalue weighted by Gasteiger charge is -2.01. The predicted molar refractivity (Wildman–Crippen MR) is 65.3 cm³/mol. The fourth-order valence-electron chi connectivity index (χ4n) is 1.32. The lowest BCUT2D eigenvalue weighted by atomic mass is 10.3. The van der Waals surface area contributed by atoms with Crippen LogP contribution in [0.2, 0.25) is 0 Å². The zero-order valence-corrected chi connectivity index (χ0v) is 9.37. The number of hydrogen-bond donors (Lipinski definition) is 1. The Bertz CT molecular complexity index is 524. The van der Waals surface area contributed by atoms with Crippen LogP contribution in [-0.2, 0) is 0 Å². The van der Waals surface area contributed by atoms with Crippen LogP contribution in [0.1, 0.15) is 0 Å². The van der Waals surface area contributed by atoms with E-state index in [1.165, 1.54) is 6.07 Å². The largest absolute Gasteiger partial charge is 0.505 e. The van der Waals surface area contributed by atoms with Crippen LogP contribution in [0.5, 0.6) is 11.5 Å². The van der Waals surface area contributed by atoms with Gasteiger partial charge in [-0.3, -0.25) is 0 Å². The van der Waals surface area contributed by atoms with E-state index in [0.29, 0.717) is 11.4 Å². The monoisotopic (exact) mass is 228 g/mol. The average Bonchev–Trinajstić information content (AvgIpc) is 2.38. The summed E-state index contributed by atoms with van der Waals surface area (Å²) in [5.74, 6) is 0.630. The third kappa shape index (κ3) is 2.81. The van der Waals surface area contributed by atoms with Crippen LogP contribution in [0.25, 0.3) is 0 Å². The van der Waals surface area contributed by atoms with Gasteiger partial charge in [-0.15, -0.1) is 5.11 Å². The van der Waals surface area contributed by atoms with Crippen molar-refractivity contribution >= 4 is 11.4 Å². The number of methoxy groups -OCH3 is 1. The molecule has 0 fully saturated rings. The van der Waals surface area contributed by atoms with Crippen molar-refractivity contribution < 1.29 is 9.84 Å². The SMILES string of the molecule is COc1ccc(N=Nc2ccccc2)c(O)c1. The molecule has 4 nitrogen and oxygen atoms in total. The van der Waals surface area contributed by atoms with Crippen molar-refractivity contribution in [1.82, 2.24) is 0 Å².